The van der Waals surface area contributed by atoms with E-state index < -0.39 is 21.6 Å². The van der Waals surface area contributed by atoms with Crippen molar-refractivity contribution in [2.75, 3.05) is 6.61 Å². The quantitative estimate of drug-likeness (QED) is 0.0684. The summed E-state index contributed by atoms with van der Waals surface area (Å²) >= 11 is 2.21. The van der Waals surface area contributed by atoms with Gasteiger partial charge in [-0.2, -0.15) is 8.42 Å². The lowest BCUT2D eigenvalue weighted by atomic mass is 9.85. The largest absolute Gasteiger partial charge is 0.465 e. The number of allylic oxidation sites excluding steroid dienone is 1. The van der Waals surface area contributed by atoms with E-state index in [1.807, 2.05) is 60.6 Å². The summed E-state index contributed by atoms with van der Waals surface area (Å²) in [4.78, 5) is 12.9. The van der Waals surface area contributed by atoms with Crippen LogP contribution in [-0.2, 0) is 28.6 Å². The minimum absolute atomic E-state index is 0.0155. The summed E-state index contributed by atoms with van der Waals surface area (Å²) in [5, 5.41) is 0. The van der Waals surface area contributed by atoms with E-state index in [4.69, 9.17) is 13.7 Å². The number of rotatable bonds is 17. The number of hydrogen-bond donors (Lipinski definition) is 0. The highest BCUT2D eigenvalue weighted by molar-refractivity contribution is 14.1. The zero-order chi connectivity index (χ0) is 33.6. The molecule has 0 saturated carbocycles. The summed E-state index contributed by atoms with van der Waals surface area (Å²) in [7, 11) is -4.08. The Morgan fingerprint density at radius 1 is 1.07 bits per heavy atom. The molecular weight excluding hydrogens is 687 g/mol. The molecule has 0 N–H and O–H groups in total. The van der Waals surface area contributed by atoms with E-state index >= 15 is 0 Å². The molecule has 0 radical (unpaired) electrons. The van der Waals surface area contributed by atoms with Crippen LogP contribution in [0, 0.1) is 11.3 Å². The Kier molecular flexibility index (Phi) is 14.7. The van der Waals surface area contributed by atoms with E-state index in [2.05, 4.69) is 56.5 Å². The molecule has 0 spiro atoms. The summed E-state index contributed by atoms with van der Waals surface area (Å²) < 4.78 is 47.3. The molecule has 8 heteroatoms. The Labute approximate surface area is 282 Å². The Hall–Kier alpha value is -1.23. The Balaban J connectivity index is 2.32. The summed E-state index contributed by atoms with van der Waals surface area (Å²) in [5.41, 5.74) is 3.05. The van der Waals surface area contributed by atoms with Crippen LogP contribution in [0.4, 0.5) is 0 Å². The third kappa shape index (κ3) is 10.7. The van der Waals surface area contributed by atoms with Crippen LogP contribution in [0.3, 0.4) is 0 Å². The van der Waals surface area contributed by atoms with Crippen molar-refractivity contribution in [3.8, 4) is 0 Å². The average Bonchev–Trinajstić information content (AvgIpc) is 3.26. The van der Waals surface area contributed by atoms with Crippen molar-refractivity contribution >= 4 is 38.7 Å². The molecule has 1 aliphatic heterocycles. The van der Waals surface area contributed by atoms with Crippen LogP contribution in [0.25, 0.3) is 0 Å². The molecule has 1 aliphatic rings. The maximum atomic E-state index is 14.2. The van der Waals surface area contributed by atoms with Crippen molar-refractivity contribution in [1.82, 2.24) is 0 Å². The van der Waals surface area contributed by atoms with Gasteiger partial charge in [-0.25, -0.2) is 0 Å². The normalized spacial score (nSPS) is 19.2. The number of carbonyl (C=O) groups excluding carboxylic acids is 1. The highest BCUT2D eigenvalue weighted by atomic mass is 127. The molecule has 1 aromatic carbocycles. The zero-order valence-corrected chi connectivity index (χ0v) is 31.8. The van der Waals surface area contributed by atoms with Crippen molar-refractivity contribution in [3.63, 3.8) is 0 Å². The minimum Gasteiger partial charge on any atom is -0.465 e. The topological polar surface area (TPSA) is 78.9 Å². The van der Waals surface area contributed by atoms with Crippen LogP contribution in [0.15, 0.2) is 39.3 Å². The van der Waals surface area contributed by atoms with Gasteiger partial charge in [-0.3, -0.25) is 8.98 Å². The second-order valence-corrected chi connectivity index (χ2v) is 17.1. The highest BCUT2D eigenvalue weighted by Crippen LogP contribution is 2.39. The van der Waals surface area contributed by atoms with Gasteiger partial charge in [0, 0.05) is 0 Å². The molecule has 6 nitrogen and oxygen atoms in total. The molecule has 250 valence electrons. The van der Waals surface area contributed by atoms with Gasteiger partial charge in [0.15, 0.2) is 0 Å². The second kappa shape index (κ2) is 16.6. The number of benzene rings is 1. The van der Waals surface area contributed by atoms with Crippen molar-refractivity contribution in [3.05, 3.63) is 51.1 Å². The number of esters is 1. The van der Waals surface area contributed by atoms with E-state index in [1.54, 1.807) is 0 Å². The molecule has 0 amide bonds. The third-order valence-electron chi connectivity index (χ3n) is 8.52. The van der Waals surface area contributed by atoms with Crippen LogP contribution >= 0.6 is 22.6 Å². The number of carbonyl (C=O) groups is 1. The molecule has 4 atom stereocenters. The maximum absolute atomic E-state index is 14.2. The SMILES string of the molecule is C=C(I)[C@H](C)C[C@@H](CC[C@@H]1O[C@H](CC(C)(C)C(=O)OCCC)CC1=C)OS(=O)(=O)c1c(C(C)C)cc(C(C)C)cc1C(C)C. The second-order valence-electron chi connectivity index (χ2n) is 14.2. The van der Waals surface area contributed by atoms with E-state index in [1.165, 1.54) is 0 Å². The first-order valence-corrected chi connectivity index (χ1v) is 18.7. The monoisotopic (exact) mass is 744 g/mol. The molecule has 44 heavy (non-hydrogen) atoms. The first kappa shape index (κ1) is 39.0. The van der Waals surface area contributed by atoms with Crippen LogP contribution in [0.2, 0.25) is 0 Å². The number of hydrogen-bond acceptors (Lipinski definition) is 6. The summed E-state index contributed by atoms with van der Waals surface area (Å²) in [5.74, 6) is 0.167. The third-order valence-corrected chi connectivity index (χ3v) is 11.1. The molecule has 1 saturated heterocycles. The van der Waals surface area contributed by atoms with E-state index in [0.29, 0.717) is 43.6 Å². The van der Waals surface area contributed by atoms with Gasteiger partial charge in [0.05, 0.1) is 30.3 Å². The lowest BCUT2D eigenvalue weighted by molar-refractivity contribution is -0.156. The fraction of sp³-hybridized carbons (Fsp3) is 0.694. The Morgan fingerprint density at radius 2 is 1.64 bits per heavy atom. The van der Waals surface area contributed by atoms with Gasteiger partial charge in [0.2, 0.25) is 0 Å². The van der Waals surface area contributed by atoms with Gasteiger partial charge >= 0.3 is 5.97 Å². The first-order valence-electron chi connectivity index (χ1n) is 16.3. The predicted octanol–water partition coefficient (Wildman–Crippen LogP) is 9.97. The molecular formula is C36H57IO6S. The van der Waals surface area contributed by atoms with Crippen molar-refractivity contribution in [2.45, 2.75) is 149 Å². The molecule has 0 unspecified atom stereocenters. The lowest BCUT2D eigenvalue weighted by Gasteiger charge is -2.27. The van der Waals surface area contributed by atoms with Crippen molar-refractivity contribution in [2.24, 2.45) is 11.3 Å². The van der Waals surface area contributed by atoms with E-state index in [0.717, 1.165) is 32.3 Å². The maximum Gasteiger partial charge on any atom is 0.311 e. The summed E-state index contributed by atoms with van der Waals surface area (Å²) in [6.07, 6.45) is 2.66. The van der Waals surface area contributed by atoms with Crippen LogP contribution < -0.4 is 0 Å². The first-order chi connectivity index (χ1) is 20.3. The van der Waals surface area contributed by atoms with Gasteiger partial charge in [0.25, 0.3) is 10.1 Å². The highest BCUT2D eigenvalue weighted by Gasteiger charge is 2.38. The number of halogens is 1. The molecule has 1 heterocycles. The zero-order valence-electron chi connectivity index (χ0n) is 28.8. The van der Waals surface area contributed by atoms with Crippen LogP contribution in [0.1, 0.15) is 142 Å². The summed E-state index contributed by atoms with van der Waals surface area (Å²) in [6.45, 7) is 29.0. The fourth-order valence-electron chi connectivity index (χ4n) is 5.71. The standard InChI is InChI=1S/C36H57IO6S/c1-13-16-41-35(38)36(11,12)21-30-18-26(9)33(42-30)15-14-29(17-25(8)27(10)37)43-44(39,40)34-31(23(4)5)19-28(22(2)3)20-32(34)24(6)7/h19-20,22-25,29-30,33H,9-10,13-18,21H2,1-8,11-12H3/t25-,29-,30+,33+/m1/s1. The van der Waals surface area contributed by atoms with Gasteiger partial charge in [0.1, 0.15) is 4.90 Å². The van der Waals surface area contributed by atoms with Gasteiger partial charge < -0.3 is 9.47 Å². The smallest absolute Gasteiger partial charge is 0.311 e. The Morgan fingerprint density at radius 3 is 2.11 bits per heavy atom. The number of ether oxygens (including phenoxy) is 2. The molecule has 0 aromatic heterocycles. The molecule has 0 bridgehead atoms. The summed E-state index contributed by atoms with van der Waals surface area (Å²) in [6, 6.07) is 4.08. The van der Waals surface area contributed by atoms with E-state index in [-0.39, 0.29) is 41.8 Å². The molecule has 2 rings (SSSR count). The van der Waals surface area contributed by atoms with Crippen molar-refractivity contribution in [1.29, 1.82) is 0 Å². The Bertz CT molecular complexity index is 1230. The van der Waals surface area contributed by atoms with Gasteiger partial charge in [-0.1, -0.05) is 80.7 Å². The molecule has 0 aliphatic carbocycles. The van der Waals surface area contributed by atoms with Gasteiger partial charge in [-0.15, -0.1) is 0 Å². The predicted molar refractivity (Wildman–Crippen MR) is 189 cm³/mol. The lowest BCUT2D eigenvalue weighted by Crippen LogP contribution is -2.31. The van der Waals surface area contributed by atoms with Crippen LogP contribution in [-0.4, -0.2) is 39.3 Å². The van der Waals surface area contributed by atoms with Gasteiger partial charge in [-0.05, 0) is 124 Å². The van der Waals surface area contributed by atoms with Crippen LogP contribution in [0.5, 0.6) is 0 Å². The molecule has 1 aromatic rings. The minimum atomic E-state index is -4.08. The fourth-order valence-corrected chi connectivity index (χ4v) is 7.76. The van der Waals surface area contributed by atoms with Crippen molar-refractivity contribution < 1.29 is 26.9 Å². The molecule has 1 fully saturated rings. The van der Waals surface area contributed by atoms with E-state index in [9.17, 15) is 13.2 Å². The average molecular weight is 745 g/mol.